The fourth-order valence-corrected chi connectivity index (χ4v) is 6.06. The van der Waals surface area contributed by atoms with Crippen LogP contribution in [0.3, 0.4) is 0 Å². The van der Waals surface area contributed by atoms with Gasteiger partial charge in [-0.3, -0.25) is 0 Å². The second kappa shape index (κ2) is 14.0. The van der Waals surface area contributed by atoms with Gasteiger partial charge >= 0.3 is 12.6 Å². The number of ether oxygens (including phenoxy) is 2. The maximum Gasteiger partial charge on any atom is 0.333 e. The van der Waals surface area contributed by atoms with Crippen molar-refractivity contribution in [3.05, 3.63) is 61.4 Å². The Kier molecular flexibility index (Phi) is 9.27. The van der Waals surface area contributed by atoms with E-state index in [1.54, 1.807) is 56.2 Å². The van der Waals surface area contributed by atoms with Gasteiger partial charge in [-0.05, 0) is 51.5 Å². The first-order valence-electron chi connectivity index (χ1n) is 16.6. The molecule has 1 aromatic carbocycles. The molecule has 7 rings (SSSR count). The van der Waals surface area contributed by atoms with E-state index in [0.717, 1.165) is 0 Å². The third-order valence-corrected chi connectivity index (χ3v) is 8.69. The highest BCUT2D eigenvalue weighted by atomic mass is 19.3. The van der Waals surface area contributed by atoms with Crippen LogP contribution in [-0.2, 0) is 0 Å². The molecule has 5 N–H and O–H groups in total. The quantitative estimate of drug-likeness (QED) is 0.139. The number of fused-ring (bicyclic) bond motifs is 2. The molecular formula is C35H38F2N12O3. The van der Waals surface area contributed by atoms with Crippen molar-refractivity contribution in [2.24, 2.45) is 5.92 Å². The molecule has 0 amide bonds. The number of nitrogens with two attached hydrogens (primary N) is 1. The molecule has 270 valence electrons. The number of methoxy groups -OCH3 is 1. The number of aliphatic hydroxyl groups excluding tert-OH is 1. The van der Waals surface area contributed by atoms with Gasteiger partial charge in [0.2, 0.25) is 5.95 Å². The van der Waals surface area contributed by atoms with Gasteiger partial charge in [0.05, 0.1) is 47.6 Å². The van der Waals surface area contributed by atoms with Crippen LogP contribution in [0.4, 0.5) is 32.1 Å². The molecule has 0 spiro atoms. The van der Waals surface area contributed by atoms with Crippen molar-refractivity contribution in [3.63, 3.8) is 0 Å². The zero-order valence-corrected chi connectivity index (χ0v) is 29.0. The smallest absolute Gasteiger partial charge is 0.333 e. The van der Waals surface area contributed by atoms with Crippen LogP contribution in [0.15, 0.2) is 61.4 Å². The number of anilines is 4. The van der Waals surface area contributed by atoms with Gasteiger partial charge in [0.1, 0.15) is 28.7 Å². The van der Waals surface area contributed by atoms with E-state index < -0.39 is 12.7 Å². The number of hydrogen-bond acceptors (Lipinski definition) is 14. The van der Waals surface area contributed by atoms with Crippen LogP contribution in [0.2, 0.25) is 0 Å². The van der Waals surface area contributed by atoms with Gasteiger partial charge in [0.25, 0.3) is 0 Å². The van der Waals surface area contributed by atoms with Crippen molar-refractivity contribution in [3.8, 4) is 28.6 Å². The summed E-state index contributed by atoms with van der Waals surface area (Å²) in [5.41, 5.74) is 8.63. The van der Waals surface area contributed by atoms with E-state index in [9.17, 15) is 13.9 Å². The second-order valence-corrected chi connectivity index (χ2v) is 13.5. The number of halogens is 2. The molecule has 0 aliphatic carbocycles. The topological polar surface area (TPSA) is 187 Å². The molecule has 0 bridgehead atoms. The first kappa shape index (κ1) is 34.5. The average Bonchev–Trinajstić information content (AvgIpc) is 3.61. The normalized spacial score (nSPS) is 16.4. The number of rotatable bonds is 10. The fourth-order valence-electron chi connectivity index (χ4n) is 6.06. The summed E-state index contributed by atoms with van der Waals surface area (Å²) in [6.45, 7) is 4.51. The summed E-state index contributed by atoms with van der Waals surface area (Å²) >= 11 is 0. The van der Waals surface area contributed by atoms with E-state index >= 15 is 0 Å². The lowest BCUT2D eigenvalue weighted by molar-refractivity contribution is 0.0566. The molecular weight excluding hydrogens is 674 g/mol. The number of benzene rings is 1. The number of nitrogens with one attached hydrogen (secondary N) is 2. The van der Waals surface area contributed by atoms with Crippen LogP contribution in [0.25, 0.3) is 32.9 Å². The van der Waals surface area contributed by atoms with E-state index in [-0.39, 0.29) is 23.3 Å². The van der Waals surface area contributed by atoms with E-state index in [1.807, 2.05) is 25.7 Å². The summed E-state index contributed by atoms with van der Waals surface area (Å²) in [5, 5.41) is 23.0. The zero-order valence-electron chi connectivity index (χ0n) is 29.0. The Morgan fingerprint density at radius 1 is 0.962 bits per heavy atom. The van der Waals surface area contributed by atoms with E-state index in [2.05, 4.69) is 40.7 Å². The number of pyridine rings is 2. The highest BCUT2D eigenvalue weighted by molar-refractivity contribution is 5.99. The molecule has 1 fully saturated rings. The van der Waals surface area contributed by atoms with Crippen molar-refractivity contribution in [1.29, 1.82) is 0 Å². The standard InChI is InChI=1S/C35H38F2N12O3/c1-35(2,3)47-33-42-15-25-28(45-33)23(20-12-44-49(17-20)32(36)37)13-41-31(25)40-11-19-9-10-48(18-27(19)50)26-16-39-30(38)24-14-43-34(46-29(24)26)52-22-7-5-21(51-4)6-8-22/h5-8,12-17,19,27,32,50H,9-11,18H2,1-4H3,(H2,38,39)(H,40,41)(H,42,45,47). The number of alkyl halides is 2. The van der Waals surface area contributed by atoms with Crippen LogP contribution in [0.1, 0.15) is 33.7 Å². The molecule has 17 heteroatoms. The molecule has 6 heterocycles. The molecule has 5 aromatic heterocycles. The molecule has 1 saturated heterocycles. The van der Waals surface area contributed by atoms with Gasteiger partial charge in [-0.15, -0.1) is 0 Å². The van der Waals surface area contributed by atoms with Crippen LogP contribution < -0.4 is 30.7 Å². The summed E-state index contributed by atoms with van der Waals surface area (Å²) in [7, 11) is 1.59. The molecule has 15 nitrogen and oxygen atoms in total. The van der Waals surface area contributed by atoms with Gasteiger partial charge in [-0.25, -0.2) is 29.6 Å². The SMILES string of the molecule is COc1ccc(Oc2ncc3c(N)ncc(N4CCC(CNc5ncc(-c6cnn(C(F)F)c6)c6nc(NC(C)(C)C)ncc56)C(O)C4)c3n2)cc1. The number of nitrogen functional groups attached to an aromatic ring is 1. The molecule has 52 heavy (non-hydrogen) atoms. The van der Waals surface area contributed by atoms with E-state index in [1.165, 1.54) is 12.4 Å². The van der Waals surface area contributed by atoms with E-state index in [4.69, 9.17) is 20.2 Å². The van der Waals surface area contributed by atoms with Gasteiger partial charge in [0.15, 0.2) is 0 Å². The van der Waals surface area contributed by atoms with Crippen LogP contribution in [0.5, 0.6) is 17.5 Å². The van der Waals surface area contributed by atoms with Gasteiger partial charge in [-0.1, -0.05) is 0 Å². The maximum atomic E-state index is 13.3. The predicted molar refractivity (Wildman–Crippen MR) is 193 cm³/mol. The lowest BCUT2D eigenvalue weighted by Gasteiger charge is -2.37. The number of hydrogen-bond donors (Lipinski definition) is 4. The first-order valence-corrected chi connectivity index (χ1v) is 16.6. The van der Waals surface area contributed by atoms with Crippen molar-refractivity contribution in [1.82, 2.24) is 39.7 Å². The Bertz CT molecular complexity index is 2210. The third kappa shape index (κ3) is 7.25. The summed E-state index contributed by atoms with van der Waals surface area (Å²) in [4.78, 5) is 29.3. The molecule has 1 aliphatic rings. The summed E-state index contributed by atoms with van der Waals surface area (Å²) in [6, 6.07) is 7.22. The predicted octanol–water partition coefficient (Wildman–Crippen LogP) is 5.51. The van der Waals surface area contributed by atoms with Crippen molar-refractivity contribution < 1.29 is 23.4 Å². The third-order valence-electron chi connectivity index (χ3n) is 8.69. The largest absolute Gasteiger partial charge is 0.497 e. The van der Waals surface area contributed by atoms with Crippen LogP contribution >= 0.6 is 0 Å². The second-order valence-electron chi connectivity index (χ2n) is 13.5. The summed E-state index contributed by atoms with van der Waals surface area (Å²) in [6.07, 6.45) is 9.02. The van der Waals surface area contributed by atoms with Gasteiger partial charge in [-0.2, -0.15) is 18.9 Å². The van der Waals surface area contributed by atoms with Crippen LogP contribution in [-0.4, -0.2) is 83.2 Å². The zero-order chi connectivity index (χ0) is 36.6. The number of aromatic nitrogens is 8. The van der Waals surface area contributed by atoms with Gasteiger partial charge < -0.3 is 35.8 Å². The minimum atomic E-state index is -2.78. The molecule has 2 unspecified atom stereocenters. The Morgan fingerprint density at radius 2 is 1.73 bits per heavy atom. The minimum Gasteiger partial charge on any atom is -0.497 e. The van der Waals surface area contributed by atoms with Crippen molar-refractivity contribution >= 4 is 45.1 Å². The Hall–Kier alpha value is -5.97. The number of nitrogens with zero attached hydrogens (tertiary/aromatic N) is 9. The highest BCUT2D eigenvalue weighted by Gasteiger charge is 2.30. The first-order chi connectivity index (χ1) is 25.0. The number of piperidine rings is 1. The molecule has 1 aliphatic heterocycles. The Morgan fingerprint density at radius 3 is 2.44 bits per heavy atom. The fraction of sp³-hybridized carbons (Fsp3) is 0.343. The Labute approximate surface area is 297 Å². The monoisotopic (exact) mass is 712 g/mol. The molecule has 0 saturated carbocycles. The lowest BCUT2D eigenvalue weighted by Crippen LogP contribution is -2.46. The molecule has 6 aromatic rings. The number of β-amino-alcohol motifs (C(OH)–C–C–N with tert-alkyl or cyclic N) is 1. The summed E-state index contributed by atoms with van der Waals surface area (Å²) < 4.78 is 38.4. The van der Waals surface area contributed by atoms with E-state index in [0.29, 0.717) is 92.6 Å². The molecule has 0 radical (unpaired) electrons. The van der Waals surface area contributed by atoms with Crippen molar-refractivity contribution in [2.45, 2.75) is 45.4 Å². The highest BCUT2D eigenvalue weighted by Crippen LogP contribution is 2.34. The summed E-state index contributed by atoms with van der Waals surface area (Å²) in [5.74, 6) is 2.29. The lowest BCUT2D eigenvalue weighted by atomic mass is 9.93. The number of aliphatic hydroxyl groups is 1. The van der Waals surface area contributed by atoms with Gasteiger partial charge in [0, 0.05) is 67.0 Å². The Balaban J connectivity index is 1.09. The van der Waals surface area contributed by atoms with Crippen molar-refractivity contribution in [2.75, 3.05) is 48.0 Å². The minimum absolute atomic E-state index is 0.128. The molecule has 2 atom stereocenters. The average molecular weight is 713 g/mol. The maximum absolute atomic E-state index is 13.3. The van der Waals surface area contributed by atoms with Crippen LogP contribution in [0, 0.1) is 5.92 Å².